The van der Waals surface area contributed by atoms with Gasteiger partial charge < -0.3 is 14.5 Å². The van der Waals surface area contributed by atoms with Gasteiger partial charge in [-0.25, -0.2) is 13.2 Å². The van der Waals surface area contributed by atoms with Crippen molar-refractivity contribution >= 4 is 16.1 Å². The summed E-state index contributed by atoms with van der Waals surface area (Å²) in [6.07, 6.45) is -0.548. The van der Waals surface area contributed by atoms with Gasteiger partial charge in [0.2, 0.25) is 10.0 Å². The van der Waals surface area contributed by atoms with Gasteiger partial charge in [0.15, 0.2) is 0 Å². The van der Waals surface area contributed by atoms with E-state index in [1.165, 1.54) is 4.31 Å². The summed E-state index contributed by atoms with van der Waals surface area (Å²) < 4.78 is 33.7. The van der Waals surface area contributed by atoms with Gasteiger partial charge in [-0.1, -0.05) is 31.5 Å². The Labute approximate surface area is 168 Å². The maximum absolute atomic E-state index is 13.3. The number of nitrogens with zero attached hydrogens (tertiary/aromatic N) is 3. The van der Waals surface area contributed by atoms with Crippen LogP contribution < -0.4 is 0 Å². The standard InChI is InChI=1S/C20H31N3O4S/c1-14(2)19-22(20(24)21-12-16(4)27-17(5)13-21)10-11-23(19)28(25,26)18-8-6-15(3)7-9-18/h6-9,14,16-17,19H,10-13H2,1-5H3/t16-,17+,19-/m1/s1. The van der Waals surface area contributed by atoms with Crippen molar-refractivity contribution < 1.29 is 17.9 Å². The van der Waals surface area contributed by atoms with Gasteiger partial charge in [0, 0.05) is 26.2 Å². The number of sulfonamides is 1. The van der Waals surface area contributed by atoms with Crippen molar-refractivity contribution in [3.63, 3.8) is 0 Å². The van der Waals surface area contributed by atoms with Crippen LogP contribution in [0, 0.1) is 12.8 Å². The van der Waals surface area contributed by atoms with E-state index in [0.717, 1.165) is 5.56 Å². The second kappa shape index (κ2) is 8.00. The number of aryl methyl sites for hydroxylation is 1. The molecule has 7 nitrogen and oxygen atoms in total. The molecule has 3 rings (SSSR count). The molecule has 2 saturated heterocycles. The van der Waals surface area contributed by atoms with Gasteiger partial charge in [0.1, 0.15) is 6.17 Å². The first-order valence-electron chi connectivity index (χ1n) is 9.90. The van der Waals surface area contributed by atoms with Crippen molar-refractivity contribution in [2.24, 2.45) is 5.92 Å². The Morgan fingerprint density at radius 2 is 1.64 bits per heavy atom. The number of morpholine rings is 1. The molecule has 2 fully saturated rings. The number of benzene rings is 1. The molecule has 2 heterocycles. The summed E-state index contributed by atoms with van der Waals surface area (Å²) in [5, 5.41) is 0. The summed E-state index contributed by atoms with van der Waals surface area (Å²) in [5.74, 6) is -0.0254. The van der Waals surface area contributed by atoms with Crippen LogP contribution in [0.5, 0.6) is 0 Å². The molecule has 3 atom stereocenters. The molecule has 0 spiro atoms. The predicted octanol–water partition coefficient (Wildman–Crippen LogP) is 2.51. The normalized spacial score (nSPS) is 26.9. The van der Waals surface area contributed by atoms with Crippen LogP contribution in [0.4, 0.5) is 4.79 Å². The van der Waals surface area contributed by atoms with E-state index >= 15 is 0 Å². The topological polar surface area (TPSA) is 70.2 Å². The average Bonchev–Trinajstić information content (AvgIpc) is 3.06. The van der Waals surface area contributed by atoms with Crippen LogP contribution >= 0.6 is 0 Å². The van der Waals surface area contributed by atoms with Crippen LogP contribution in [0.2, 0.25) is 0 Å². The van der Waals surface area contributed by atoms with E-state index in [4.69, 9.17) is 4.74 Å². The Balaban J connectivity index is 1.86. The molecule has 0 saturated carbocycles. The number of rotatable bonds is 3. The SMILES string of the molecule is Cc1ccc(S(=O)(=O)N2CCN(C(=O)N3C[C@@H](C)O[C@@H](C)C3)[C@H]2C(C)C)cc1. The van der Waals surface area contributed by atoms with Crippen molar-refractivity contribution in [1.29, 1.82) is 0 Å². The predicted molar refractivity (Wildman–Crippen MR) is 107 cm³/mol. The van der Waals surface area contributed by atoms with Gasteiger partial charge in [-0.05, 0) is 38.8 Å². The van der Waals surface area contributed by atoms with Crippen LogP contribution in [-0.4, -0.2) is 73.1 Å². The summed E-state index contributed by atoms with van der Waals surface area (Å²) in [7, 11) is -3.67. The molecular weight excluding hydrogens is 378 g/mol. The maximum Gasteiger partial charge on any atom is 0.321 e. The summed E-state index contributed by atoms with van der Waals surface area (Å²) >= 11 is 0. The number of carbonyl (C=O) groups excluding carboxylic acids is 1. The quantitative estimate of drug-likeness (QED) is 0.769. The lowest BCUT2D eigenvalue weighted by Crippen LogP contribution is -2.56. The van der Waals surface area contributed by atoms with Crippen LogP contribution in [0.15, 0.2) is 29.2 Å². The number of urea groups is 1. The molecule has 0 radical (unpaired) electrons. The molecule has 156 valence electrons. The van der Waals surface area contributed by atoms with Crippen LogP contribution in [0.3, 0.4) is 0 Å². The second-order valence-electron chi connectivity index (χ2n) is 8.22. The lowest BCUT2D eigenvalue weighted by Gasteiger charge is -2.40. The number of amides is 2. The monoisotopic (exact) mass is 409 g/mol. The van der Waals surface area contributed by atoms with Crippen molar-refractivity contribution in [2.75, 3.05) is 26.2 Å². The van der Waals surface area contributed by atoms with E-state index in [1.807, 2.05) is 34.6 Å². The first kappa shape index (κ1) is 21.1. The van der Waals surface area contributed by atoms with Crippen molar-refractivity contribution in [2.45, 2.75) is 57.9 Å². The minimum absolute atomic E-state index is 0.0254. The third kappa shape index (κ3) is 4.04. The Bertz CT molecular complexity index is 799. The summed E-state index contributed by atoms with van der Waals surface area (Å²) in [6.45, 7) is 11.5. The highest BCUT2D eigenvalue weighted by Gasteiger charge is 2.45. The third-order valence-corrected chi connectivity index (χ3v) is 7.22. The van der Waals surface area contributed by atoms with Gasteiger partial charge in [0.05, 0.1) is 17.1 Å². The molecule has 2 aliphatic rings. The minimum atomic E-state index is -3.67. The highest BCUT2D eigenvalue weighted by molar-refractivity contribution is 7.89. The lowest BCUT2D eigenvalue weighted by atomic mass is 10.1. The molecule has 0 aromatic heterocycles. The molecule has 1 aromatic carbocycles. The summed E-state index contributed by atoms with van der Waals surface area (Å²) in [6, 6.07) is 6.76. The maximum atomic E-state index is 13.3. The molecule has 1 aromatic rings. The van der Waals surface area contributed by atoms with Gasteiger partial charge in [-0.15, -0.1) is 0 Å². The first-order valence-corrected chi connectivity index (χ1v) is 11.3. The van der Waals surface area contributed by atoms with Gasteiger partial charge >= 0.3 is 6.03 Å². The van der Waals surface area contributed by atoms with Crippen molar-refractivity contribution in [1.82, 2.24) is 14.1 Å². The zero-order valence-corrected chi connectivity index (χ0v) is 18.1. The second-order valence-corrected chi connectivity index (χ2v) is 10.1. The largest absolute Gasteiger partial charge is 0.372 e. The summed E-state index contributed by atoms with van der Waals surface area (Å²) in [4.78, 5) is 17.0. The van der Waals surface area contributed by atoms with Crippen molar-refractivity contribution in [3.05, 3.63) is 29.8 Å². The Kier molecular flexibility index (Phi) is 6.03. The molecule has 0 unspecified atom stereocenters. The van der Waals surface area contributed by atoms with Crippen molar-refractivity contribution in [3.8, 4) is 0 Å². The van der Waals surface area contributed by atoms with Gasteiger partial charge in [-0.2, -0.15) is 4.31 Å². The number of hydrogen-bond donors (Lipinski definition) is 0. The molecule has 2 amide bonds. The highest BCUT2D eigenvalue weighted by Crippen LogP contribution is 2.30. The van der Waals surface area contributed by atoms with E-state index in [0.29, 0.717) is 26.2 Å². The van der Waals surface area contributed by atoms with Gasteiger partial charge in [-0.3, -0.25) is 0 Å². The van der Waals surface area contributed by atoms with Crippen LogP contribution in [0.25, 0.3) is 0 Å². The van der Waals surface area contributed by atoms with E-state index in [2.05, 4.69) is 0 Å². The third-order valence-electron chi connectivity index (χ3n) is 5.34. The molecular formula is C20H31N3O4S. The zero-order valence-electron chi connectivity index (χ0n) is 17.3. The Morgan fingerprint density at radius 3 is 2.18 bits per heavy atom. The number of carbonyl (C=O) groups is 1. The molecule has 0 bridgehead atoms. The molecule has 0 aliphatic carbocycles. The fourth-order valence-corrected chi connectivity index (χ4v) is 5.87. The number of hydrogen-bond acceptors (Lipinski definition) is 4. The van der Waals surface area contributed by atoms with E-state index in [9.17, 15) is 13.2 Å². The fourth-order valence-electron chi connectivity index (χ4n) is 4.15. The first-order chi connectivity index (χ1) is 13.1. The number of ether oxygens (including phenoxy) is 1. The molecule has 8 heteroatoms. The fraction of sp³-hybridized carbons (Fsp3) is 0.650. The lowest BCUT2D eigenvalue weighted by molar-refractivity contribution is -0.0595. The highest BCUT2D eigenvalue weighted by atomic mass is 32.2. The van der Waals surface area contributed by atoms with Gasteiger partial charge in [0.25, 0.3) is 0 Å². The average molecular weight is 410 g/mol. The summed E-state index contributed by atoms with van der Waals surface area (Å²) in [5.41, 5.74) is 1.01. The molecule has 2 aliphatic heterocycles. The van der Waals surface area contributed by atoms with E-state index in [1.54, 1.807) is 34.1 Å². The molecule has 0 N–H and O–H groups in total. The zero-order chi connectivity index (χ0) is 20.6. The van der Waals surface area contributed by atoms with Crippen LogP contribution in [-0.2, 0) is 14.8 Å². The van der Waals surface area contributed by atoms with E-state index < -0.39 is 16.2 Å². The smallest absolute Gasteiger partial charge is 0.321 e. The minimum Gasteiger partial charge on any atom is -0.372 e. The molecule has 28 heavy (non-hydrogen) atoms. The Hall–Kier alpha value is -1.64. The van der Waals surface area contributed by atoms with Crippen LogP contribution in [0.1, 0.15) is 33.3 Å². The van der Waals surface area contributed by atoms with E-state index in [-0.39, 0.29) is 29.1 Å². The Morgan fingerprint density at radius 1 is 1.07 bits per heavy atom.